The molecule has 0 bridgehead atoms. The molecule has 7 nitrogen and oxygen atoms in total. The number of likely N-dealkylation sites (tertiary alicyclic amines) is 1. The lowest BCUT2D eigenvalue weighted by Gasteiger charge is -2.33. The zero-order chi connectivity index (χ0) is 29.7. The van der Waals surface area contributed by atoms with Crippen molar-refractivity contribution in [2.45, 2.75) is 38.3 Å². The first-order chi connectivity index (χ1) is 19.5. The number of halogens is 4. The van der Waals surface area contributed by atoms with Crippen LogP contribution in [-0.4, -0.2) is 86.0 Å². The number of methoxy groups -OCH3 is 1. The Labute approximate surface area is 237 Å². The highest BCUT2D eigenvalue weighted by atomic mass is 19.4. The van der Waals surface area contributed by atoms with Crippen molar-refractivity contribution in [3.05, 3.63) is 53.7 Å². The van der Waals surface area contributed by atoms with E-state index in [1.807, 2.05) is 18.9 Å². The number of carbonyl (C=O) groups excluding carboxylic acids is 1. The van der Waals surface area contributed by atoms with E-state index in [9.17, 15) is 22.4 Å². The van der Waals surface area contributed by atoms with Gasteiger partial charge in [-0.15, -0.1) is 0 Å². The zero-order valence-corrected chi connectivity index (χ0v) is 23.6. The molecule has 0 radical (unpaired) electrons. The molecule has 2 N–H and O–H groups in total. The molecule has 0 unspecified atom stereocenters. The van der Waals surface area contributed by atoms with Crippen molar-refractivity contribution >= 4 is 28.2 Å². The van der Waals surface area contributed by atoms with E-state index in [1.165, 1.54) is 7.11 Å². The Kier molecular flexibility index (Phi) is 9.33. The van der Waals surface area contributed by atoms with Crippen LogP contribution in [-0.2, 0) is 6.54 Å². The van der Waals surface area contributed by atoms with E-state index in [4.69, 9.17) is 4.74 Å². The Morgan fingerprint density at radius 1 is 1.20 bits per heavy atom. The topological polar surface area (TPSA) is 61.8 Å². The molecule has 4 rings (SSSR count). The molecule has 41 heavy (non-hydrogen) atoms. The highest BCUT2D eigenvalue weighted by Crippen LogP contribution is 2.32. The van der Waals surface area contributed by atoms with Crippen molar-refractivity contribution in [3.63, 3.8) is 0 Å². The van der Waals surface area contributed by atoms with Gasteiger partial charge in [-0.3, -0.25) is 4.79 Å². The predicted octanol–water partition coefficient (Wildman–Crippen LogP) is 5.22. The molecule has 1 aliphatic heterocycles. The van der Waals surface area contributed by atoms with Crippen LogP contribution in [0, 0.1) is 11.8 Å². The molecule has 0 aliphatic carbocycles. The quantitative estimate of drug-likeness (QED) is 0.286. The van der Waals surface area contributed by atoms with Gasteiger partial charge < -0.3 is 29.7 Å². The molecule has 11 heteroatoms. The summed E-state index contributed by atoms with van der Waals surface area (Å²) in [5.74, 6) is 6.08. The first-order valence-corrected chi connectivity index (χ1v) is 13.4. The summed E-state index contributed by atoms with van der Waals surface area (Å²) in [6.45, 7) is 2.39. The highest BCUT2D eigenvalue weighted by molar-refractivity contribution is 5.95. The Bertz CT molecular complexity index is 1440. The number of hydrogen-bond acceptors (Lipinski definition) is 5. The van der Waals surface area contributed by atoms with Gasteiger partial charge in [0.05, 0.1) is 36.6 Å². The molecule has 1 aliphatic rings. The first kappa shape index (κ1) is 30.1. The summed E-state index contributed by atoms with van der Waals surface area (Å²) in [5.41, 5.74) is 2.22. The van der Waals surface area contributed by atoms with Crippen LogP contribution in [0.15, 0.2) is 42.5 Å². The minimum atomic E-state index is -4.46. The van der Waals surface area contributed by atoms with Crippen molar-refractivity contribution in [1.29, 1.82) is 0 Å². The zero-order valence-electron chi connectivity index (χ0n) is 23.6. The van der Waals surface area contributed by atoms with E-state index in [-0.39, 0.29) is 18.1 Å². The number of alkyl halides is 4. The molecule has 2 atom stereocenters. The Morgan fingerprint density at radius 2 is 1.98 bits per heavy atom. The number of nitrogens with one attached hydrogen (secondary N) is 2. The molecule has 2 heterocycles. The van der Waals surface area contributed by atoms with Gasteiger partial charge in [0, 0.05) is 43.3 Å². The Balaban J connectivity index is 1.58. The average Bonchev–Trinajstić information content (AvgIpc) is 3.28. The van der Waals surface area contributed by atoms with E-state index >= 15 is 0 Å². The van der Waals surface area contributed by atoms with Crippen LogP contribution in [0.25, 0.3) is 10.9 Å². The maximum Gasteiger partial charge on any atom is 0.406 e. The summed E-state index contributed by atoms with van der Waals surface area (Å²) < 4.78 is 61.9. The van der Waals surface area contributed by atoms with Gasteiger partial charge in [0.25, 0.3) is 5.91 Å². The van der Waals surface area contributed by atoms with E-state index in [2.05, 4.69) is 22.5 Å². The van der Waals surface area contributed by atoms with Gasteiger partial charge in [0.1, 0.15) is 18.5 Å². The van der Waals surface area contributed by atoms with E-state index in [0.29, 0.717) is 53.1 Å². The number of benzene rings is 2. The normalized spacial score (nSPS) is 17.6. The monoisotopic (exact) mass is 573 g/mol. The smallest absolute Gasteiger partial charge is 0.406 e. The lowest BCUT2D eigenvalue weighted by molar-refractivity contribution is -0.140. The minimum Gasteiger partial charge on any atom is -0.495 e. The second-order valence-electron chi connectivity index (χ2n) is 10.2. The van der Waals surface area contributed by atoms with Crippen LogP contribution in [0.5, 0.6) is 5.75 Å². The highest BCUT2D eigenvalue weighted by Gasteiger charge is 2.31. The fourth-order valence-electron chi connectivity index (χ4n) is 4.89. The van der Waals surface area contributed by atoms with Crippen molar-refractivity contribution < 1.29 is 27.1 Å². The Morgan fingerprint density at radius 3 is 2.66 bits per heavy atom. The van der Waals surface area contributed by atoms with Crippen molar-refractivity contribution in [2.75, 3.05) is 58.0 Å². The van der Waals surface area contributed by atoms with Gasteiger partial charge >= 0.3 is 6.18 Å². The fraction of sp³-hybridized carbons (Fsp3) is 0.433. The fourth-order valence-corrected chi connectivity index (χ4v) is 4.89. The lowest BCUT2D eigenvalue weighted by Crippen LogP contribution is -2.46. The van der Waals surface area contributed by atoms with Crippen molar-refractivity contribution in [3.8, 4) is 17.6 Å². The molecule has 0 spiro atoms. The average molecular weight is 574 g/mol. The molecule has 1 saturated heterocycles. The number of aromatic nitrogens is 1. The van der Waals surface area contributed by atoms with Crippen LogP contribution >= 0.6 is 0 Å². The number of rotatable bonds is 8. The van der Waals surface area contributed by atoms with Gasteiger partial charge in [0.2, 0.25) is 0 Å². The number of carbonyl (C=O) groups is 1. The third kappa shape index (κ3) is 7.24. The van der Waals surface area contributed by atoms with E-state index in [0.717, 1.165) is 11.1 Å². The van der Waals surface area contributed by atoms with Gasteiger partial charge in [-0.25, -0.2) is 4.39 Å². The van der Waals surface area contributed by atoms with Crippen molar-refractivity contribution in [1.82, 2.24) is 14.4 Å². The van der Waals surface area contributed by atoms with Gasteiger partial charge in [-0.05, 0) is 62.7 Å². The lowest BCUT2D eigenvalue weighted by atomic mass is 10.0. The summed E-state index contributed by atoms with van der Waals surface area (Å²) >= 11 is 0. The third-order valence-corrected chi connectivity index (χ3v) is 7.22. The molecular formula is C30H35F4N5O2. The van der Waals surface area contributed by atoms with Crippen LogP contribution < -0.4 is 15.4 Å². The first-order valence-electron chi connectivity index (χ1n) is 13.4. The van der Waals surface area contributed by atoms with Crippen LogP contribution in [0.3, 0.4) is 0 Å². The van der Waals surface area contributed by atoms with Gasteiger partial charge in [-0.1, -0.05) is 12.0 Å². The second kappa shape index (κ2) is 12.7. The van der Waals surface area contributed by atoms with E-state index in [1.54, 1.807) is 54.4 Å². The Hall–Kier alpha value is -3.91. The SMILES string of the molecule is CCN(C)C(=O)c1ccc(NCC#Cc2cc3c(N[C@@H]4CCN(C)C[C@@H]4F)cccc3n2CC(F)(F)F)c(OC)c1. The summed E-state index contributed by atoms with van der Waals surface area (Å²) in [4.78, 5) is 16.0. The van der Waals surface area contributed by atoms with Gasteiger partial charge in [0.15, 0.2) is 0 Å². The maximum absolute atomic E-state index is 14.7. The van der Waals surface area contributed by atoms with E-state index < -0.39 is 24.9 Å². The maximum atomic E-state index is 14.7. The molecule has 1 aromatic heterocycles. The predicted molar refractivity (Wildman–Crippen MR) is 153 cm³/mol. The third-order valence-electron chi connectivity index (χ3n) is 7.22. The summed E-state index contributed by atoms with van der Waals surface area (Å²) in [7, 11) is 5.06. The number of anilines is 2. The number of amides is 1. The number of fused-ring (bicyclic) bond motifs is 1. The molecule has 1 fully saturated rings. The number of nitrogens with zero attached hydrogens (tertiary/aromatic N) is 3. The number of ether oxygens (including phenoxy) is 1. The minimum absolute atomic E-state index is 0.121. The summed E-state index contributed by atoms with van der Waals surface area (Å²) in [5, 5.41) is 6.89. The largest absolute Gasteiger partial charge is 0.495 e. The molecule has 0 saturated carbocycles. The van der Waals surface area contributed by atoms with Gasteiger partial charge in [-0.2, -0.15) is 13.2 Å². The molecule has 1 amide bonds. The molecule has 3 aromatic rings. The standard InChI is InChI=1S/C30H35F4N5O2/c1-5-38(3)29(40)20-11-12-26(28(16-20)41-4)35-14-7-8-21-17-22-24(36-25-13-15-37(2)18-23(25)31)9-6-10-27(22)39(21)19-30(32,33)34/h6,9-12,16-17,23,25,35-36H,5,13-15,18-19H2,1-4H3/t23-,25+/m0/s1. The number of hydrogen-bond donors (Lipinski definition) is 2. The summed E-state index contributed by atoms with van der Waals surface area (Å²) in [6.07, 6.45) is -4.97. The molecule has 220 valence electrons. The number of piperidine rings is 1. The second-order valence-corrected chi connectivity index (χ2v) is 10.2. The van der Waals surface area contributed by atoms with Crippen molar-refractivity contribution in [2.24, 2.45) is 0 Å². The molecular weight excluding hydrogens is 538 g/mol. The van der Waals surface area contributed by atoms with Crippen LogP contribution in [0.1, 0.15) is 29.4 Å². The summed E-state index contributed by atoms with van der Waals surface area (Å²) in [6, 6.07) is 11.2. The van der Waals surface area contributed by atoms with Crippen LogP contribution in [0.2, 0.25) is 0 Å². The molecule has 2 aromatic carbocycles. The van der Waals surface area contributed by atoms with Crippen LogP contribution in [0.4, 0.5) is 28.9 Å².